The van der Waals surface area contributed by atoms with Crippen molar-refractivity contribution >= 4 is 38.2 Å². The molecule has 0 fully saturated rings. The van der Waals surface area contributed by atoms with E-state index in [2.05, 4.69) is 9.71 Å². The second-order valence-electron chi connectivity index (χ2n) is 9.85. The number of ether oxygens (including phenoxy) is 3. The normalized spacial score (nSPS) is 13.7. The molecule has 0 saturated carbocycles. The van der Waals surface area contributed by atoms with Gasteiger partial charge in [-0.05, 0) is 53.9 Å². The van der Waals surface area contributed by atoms with E-state index in [0.29, 0.717) is 48.6 Å². The Morgan fingerprint density at radius 1 is 1.02 bits per heavy atom. The molecular formula is C30H28F3N3O6S. The van der Waals surface area contributed by atoms with E-state index in [1.54, 1.807) is 30.3 Å². The van der Waals surface area contributed by atoms with Crippen LogP contribution in [0, 0.1) is 0 Å². The Bertz CT molecular complexity index is 1780. The highest BCUT2D eigenvalue weighted by molar-refractivity contribution is 7.92. The fraction of sp³-hybridized carbons (Fsp3) is 0.267. The lowest BCUT2D eigenvalue weighted by Crippen LogP contribution is -2.37. The van der Waals surface area contributed by atoms with Crippen molar-refractivity contribution in [3.63, 3.8) is 0 Å². The van der Waals surface area contributed by atoms with Crippen LogP contribution in [0.5, 0.6) is 5.75 Å². The van der Waals surface area contributed by atoms with Gasteiger partial charge < -0.3 is 19.1 Å². The zero-order chi connectivity index (χ0) is 30.8. The first-order valence-electron chi connectivity index (χ1n) is 13.2. The Labute approximate surface area is 246 Å². The largest absolute Gasteiger partial charge is 0.465 e. The third-order valence-electron chi connectivity index (χ3n) is 6.87. The Balaban J connectivity index is 1.43. The highest BCUT2D eigenvalue weighted by atomic mass is 32.2. The van der Waals surface area contributed by atoms with Gasteiger partial charge in [-0.25, -0.2) is 8.42 Å². The minimum absolute atomic E-state index is 0.0000515. The number of halogens is 3. The molecule has 1 aliphatic heterocycles. The summed E-state index contributed by atoms with van der Waals surface area (Å²) in [5, 5.41) is -0.0000515. The van der Waals surface area contributed by atoms with Crippen LogP contribution in [0.4, 0.5) is 24.5 Å². The van der Waals surface area contributed by atoms with Crippen LogP contribution in [-0.4, -0.2) is 59.2 Å². The van der Waals surface area contributed by atoms with E-state index in [4.69, 9.17) is 14.2 Å². The summed E-state index contributed by atoms with van der Waals surface area (Å²) in [5.41, 5.74) is 2.41. The molecule has 0 atom stereocenters. The number of nitrogens with zero attached hydrogens (tertiary/aromatic N) is 2. The lowest BCUT2D eigenvalue weighted by molar-refractivity contribution is -0.136. The number of fused-ring (bicyclic) bond motifs is 2. The van der Waals surface area contributed by atoms with Gasteiger partial charge in [0.15, 0.2) is 6.79 Å². The molecule has 1 N–H and O–H groups in total. The molecule has 13 heteroatoms. The number of aromatic nitrogens is 1. The van der Waals surface area contributed by atoms with Gasteiger partial charge >= 0.3 is 6.18 Å². The molecule has 0 unspecified atom stereocenters. The number of nitrogens with one attached hydrogen (secondary N) is 1. The monoisotopic (exact) mass is 615 g/mol. The van der Waals surface area contributed by atoms with Crippen molar-refractivity contribution in [1.82, 2.24) is 4.98 Å². The number of alkyl halides is 3. The van der Waals surface area contributed by atoms with E-state index in [1.165, 1.54) is 42.5 Å². The Hall–Kier alpha value is -4.20. The number of rotatable bonds is 10. The number of hydrogen-bond donors (Lipinski definition) is 1. The molecule has 5 rings (SSSR count). The number of carbonyl (C=O) groups excluding carboxylic acids is 1. The van der Waals surface area contributed by atoms with E-state index in [9.17, 15) is 26.4 Å². The SMILES string of the molecule is COCCOCOc1ccc(N2CCc3cc(-c4ccc(C(F)(F)F)c5cccnc45)ccc3C2=O)cc1NS(C)(=O)=O. The third kappa shape index (κ3) is 6.74. The second-order valence-corrected chi connectivity index (χ2v) is 11.6. The summed E-state index contributed by atoms with van der Waals surface area (Å²) >= 11 is 0. The topological polar surface area (TPSA) is 107 Å². The predicted octanol–water partition coefficient (Wildman–Crippen LogP) is 5.49. The van der Waals surface area contributed by atoms with Crippen LogP contribution in [-0.2, 0) is 32.1 Å². The number of amides is 1. The average Bonchev–Trinajstić information content (AvgIpc) is 2.96. The number of methoxy groups -OCH3 is 1. The van der Waals surface area contributed by atoms with Gasteiger partial charge in [-0.15, -0.1) is 0 Å². The molecule has 0 spiro atoms. The third-order valence-corrected chi connectivity index (χ3v) is 7.46. The molecule has 1 aliphatic rings. The molecule has 1 amide bonds. The summed E-state index contributed by atoms with van der Waals surface area (Å²) in [6.45, 7) is 0.816. The molecule has 0 radical (unpaired) electrons. The number of carbonyl (C=O) groups is 1. The number of benzene rings is 3. The van der Waals surface area contributed by atoms with E-state index in [1.807, 2.05) is 0 Å². The van der Waals surface area contributed by atoms with Crippen molar-refractivity contribution in [2.24, 2.45) is 0 Å². The standard InChI is InChI=1S/C30H28F3N3O6S/c1-40-14-15-41-18-42-27-10-6-21(17-26(27)35-43(2,38)39)36-13-11-20-16-19(5-7-23(20)29(36)37)22-8-9-25(30(31,32)33)24-4-3-12-34-28(22)24/h3-10,12,16-17,35H,11,13-15,18H2,1-2H3. The second kappa shape index (κ2) is 12.2. The molecule has 9 nitrogen and oxygen atoms in total. The van der Waals surface area contributed by atoms with Crippen molar-refractivity contribution in [3.8, 4) is 16.9 Å². The predicted molar refractivity (Wildman–Crippen MR) is 156 cm³/mol. The van der Waals surface area contributed by atoms with Crippen LogP contribution < -0.4 is 14.4 Å². The number of anilines is 2. The van der Waals surface area contributed by atoms with Crippen molar-refractivity contribution < 1.29 is 40.6 Å². The van der Waals surface area contributed by atoms with Crippen molar-refractivity contribution in [1.29, 1.82) is 0 Å². The van der Waals surface area contributed by atoms with E-state index in [0.717, 1.165) is 17.9 Å². The highest BCUT2D eigenvalue weighted by Gasteiger charge is 2.33. The number of hydrogen-bond acceptors (Lipinski definition) is 7. The Morgan fingerprint density at radius 2 is 1.81 bits per heavy atom. The van der Waals surface area contributed by atoms with Gasteiger partial charge in [0.05, 0.1) is 36.2 Å². The van der Waals surface area contributed by atoms with Crippen LogP contribution in [0.25, 0.3) is 22.0 Å². The molecule has 0 saturated heterocycles. The van der Waals surface area contributed by atoms with Crippen molar-refractivity contribution in [2.45, 2.75) is 12.6 Å². The molecule has 226 valence electrons. The fourth-order valence-corrected chi connectivity index (χ4v) is 5.51. The van der Waals surface area contributed by atoms with Gasteiger partial charge in [0.2, 0.25) is 10.0 Å². The van der Waals surface area contributed by atoms with Crippen LogP contribution in [0.15, 0.2) is 66.9 Å². The summed E-state index contributed by atoms with van der Waals surface area (Å²) in [4.78, 5) is 19.3. The number of sulfonamides is 1. The number of pyridine rings is 1. The van der Waals surface area contributed by atoms with Crippen molar-refractivity contribution in [3.05, 3.63) is 83.6 Å². The molecule has 4 aromatic rings. The molecule has 1 aromatic heterocycles. The van der Waals surface area contributed by atoms with Crippen LogP contribution in [0.1, 0.15) is 21.5 Å². The zero-order valence-corrected chi connectivity index (χ0v) is 24.1. The molecule has 0 bridgehead atoms. The first-order chi connectivity index (χ1) is 20.5. The first kappa shape index (κ1) is 30.3. The molecular weight excluding hydrogens is 587 g/mol. The molecule has 3 aromatic carbocycles. The molecule has 43 heavy (non-hydrogen) atoms. The lowest BCUT2D eigenvalue weighted by Gasteiger charge is -2.29. The quantitative estimate of drug-likeness (QED) is 0.186. The lowest BCUT2D eigenvalue weighted by atomic mass is 9.92. The summed E-state index contributed by atoms with van der Waals surface area (Å²) in [6, 6.07) is 15.2. The minimum Gasteiger partial charge on any atom is -0.465 e. The summed E-state index contributed by atoms with van der Waals surface area (Å²) in [7, 11) is -2.13. The van der Waals surface area contributed by atoms with Gasteiger partial charge in [-0.1, -0.05) is 24.3 Å². The summed E-state index contributed by atoms with van der Waals surface area (Å²) in [5.74, 6) is -0.0801. The van der Waals surface area contributed by atoms with E-state index in [-0.39, 0.29) is 35.0 Å². The van der Waals surface area contributed by atoms with Gasteiger partial charge in [0.1, 0.15) is 5.75 Å². The van der Waals surface area contributed by atoms with Gasteiger partial charge in [0.25, 0.3) is 5.91 Å². The average molecular weight is 616 g/mol. The van der Waals surface area contributed by atoms with E-state index < -0.39 is 21.8 Å². The van der Waals surface area contributed by atoms with Gasteiger partial charge in [-0.3, -0.25) is 14.5 Å². The van der Waals surface area contributed by atoms with Crippen LogP contribution >= 0.6 is 0 Å². The summed E-state index contributed by atoms with van der Waals surface area (Å²) in [6.07, 6.45) is -1.61. The van der Waals surface area contributed by atoms with Gasteiger partial charge in [0, 0.05) is 42.1 Å². The van der Waals surface area contributed by atoms with Crippen LogP contribution in [0.2, 0.25) is 0 Å². The van der Waals surface area contributed by atoms with Crippen LogP contribution in [0.3, 0.4) is 0 Å². The Morgan fingerprint density at radius 3 is 2.56 bits per heavy atom. The maximum absolute atomic E-state index is 13.6. The molecule has 0 aliphatic carbocycles. The maximum atomic E-state index is 13.6. The molecule has 2 heterocycles. The van der Waals surface area contributed by atoms with E-state index >= 15 is 0 Å². The summed E-state index contributed by atoms with van der Waals surface area (Å²) < 4.78 is 83.1. The first-order valence-corrected chi connectivity index (χ1v) is 15.1. The Kier molecular flexibility index (Phi) is 8.58. The highest BCUT2D eigenvalue weighted by Crippen LogP contribution is 2.39. The zero-order valence-electron chi connectivity index (χ0n) is 23.3. The smallest absolute Gasteiger partial charge is 0.417 e. The minimum atomic E-state index is -4.52. The van der Waals surface area contributed by atoms with Crippen molar-refractivity contribution in [2.75, 3.05) is 49.5 Å². The van der Waals surface area contributed by atoms with Gasteiger partial charge in [-0.2, -0.15) is 13.2 Å². The maximum Gasteiger partial charge on any atom is 0.417 e. The fourth-order valence-electron chi connectivity index (χ4n) is 4.95.